The fraction of sp³-hybridized carbons (Fsp3) is 0.600. The van der Waals surface area contributed by atoms with E-state index < -0.39 is 0 Å². The van der Waals surface area contributed by atoms with Crippen LogP contribution in [0.1, 0.15) is 18.5 Å². The number of nitrogens with zero attached hydrogens (tertiary/aromatic N) is 2. The predicted octanol–water partition coefficient (Wildman–Crippen LogP) is 2.47. The van der Waals surface area contributed by atoms with E-state index in [-0.39, 0.29) is 40.8 Å². The normalized spacial score (nSPS) is 17.4. The molecule has 1 aliphatic heterocycles. The molecule has 18 heavy (non-hydrogen) atoms. The smallest absolute Gasteiger partial charge is 0.314 e. The molecule has 0 bridgehead atoms. The van der Waals surface area contributed by atoms with E-state index in [1.807, 2.05) is 5.38 Å². The molecule has 1 aliphatic rings. The fourth-order valence-electron chi connectivity index (χ4n) is 1.93. The van der Waals surface area contributed by atoms with Crippen molar-refractivity contribution in [3.8, 4) is 0 Å². The Bertz CT molecular complexity index is 383. The SMILES string of the molecule is C[C@@H](c1csc([N+](=O)[O-])c1)N1CCNCC1.Cl.Cl. The van der Waals surface area contributed by atoms with Gasteiger partial charge in [0.2, 0.25) is 0 Å². The van der Waals surface area contributed by atoms with E-state index in [4.69, 9.17) is 0 Å². The summed E-state index contributed by atoms with van der Waals surface area (Å²) in [4.78, 5) is 12.6. The van der Waals surface area contributed by atoms with Gasteiger partial charge < -0.3 is 5.32 Å². The first-order chi connectivity index (χ1) is 7.68. The van der Waals surface area contributed by atoms with Gasteiger partial charge in [-0.2, -0.15) is 0 Å². The van der Waals surface area contributed by atoms with Crippen LogP contribution in [0.3, 0.4) is 0 Å². The van der Waals surface area contributed by atoms with Crippen LogP contribution in [0.2, 0.25) is 0 Å². The molecule has 0 aromatic carbocycles. The molecule has 1 fully saturated rings. The van der Waals surface area contributed by atoms with Crippen molar-refractivity contribution >= 4 is 41.2 Å². The van der Waals surface area contributed by atoms with Gasteiger partial charge in [0.05, 0.1) is 4.92 Å². The van der Waals surface area contributed by atoms with E-state index in [9.17, 15) is 10.1 Å². The number of rotatable bonds is 3. The monoisotopic (exact) mass is 313 g/mol. The quantitative estimate of drug-likeness (QED) is 0.688. The third kappa shape index (κ3) is 4.07. The minimum Gasteiger partial charge on any atom is -0.314 e. The lowest BCUT2D eigenvalue weighted by Crippen LogP contribution is -2.44. The van der Waals surface area contributed by atoms with Crippen LogP contribution in [-0.2, 0) is 0 Å². The number of halogens is 2. The van der Waals surface area contributed by atoms with Crippen molar-refractivity contribution in [2.45, 2.75) is 13.0 Å². The number of piperazine rings is 1. The third-order valence-corrected chi connectivity index (χ3v) is 3.87. The van der Waals surface area contributed by atoms with Crippen molar-refractivity contribution in [1.82, 2.24) is 10.2 Å². The molecule has 0 spiro atoms. The van der Waals surface area contributed by atoms with Gasteiger partial charge in [-0.25, -0.2) is 0 Å². The molecule has 1 aromatic rings. The van der Waals surface area contributed by atoms with Gasteiger partial charge in [-0.15, -0.1) is 24.8 Å². The molecule has 8 heteroatoms. The van der Waals surface area contributed by atoms with Crippen LogP contribution in [0, 0.1) is 10.1 Å². The highest BCUT2D eigenvalue weighted by atomic mass is 35.5. The topological polar surface area (TPSA) is 58.4 Å². The van der Waals surface area contributed by atoms with Crippen molar-refractivity contribution in [3.05, 3.63) is 27.1 Å². The fourth-order valence-corrected chi connectivity index (χ4v) is 2.75. The van der Waals surface area contributed by atoms with Gasteiger partial charge in [-0.1, -0.05) is 11.3 Å². The Balaban J connectivity index is 0.00000144. The lowest BCUT2D eigenvalue weighted by Gasteiger charge is -2.32. The van der Waals surface area contributed by atoms with Crippen molar-refractivity contribution in [2.75, 3.05) is 26.2 Å². The third-order valence-electron chi connectivity index (χ3n) is 2.97. The van der Waals surface area contributed by atoms with Crippen molar-refractivity contribution in [2.24, 2.45) is 0 Å². The largest absolute Gasteiger partial charge is 0.324 e. The molecule has 0 amide bonds. The lowest BCUT2D eigenvalue weighted by atomic mass is 10.1. The van der Waals surface area contributed by atoms with Gasteiger partial charge in [0, 0.05) is 43.7 Å². The van der Waals surface area contributed by atoms with Crippen LogP contribution in [0.5, 0.6) is 0 Å². The number of hydrogen-bond acceptors (Lipinski definition) is 5. The highest BCUT2D eigenvalue weighted by Gasteiger charge is 2.21. The van der Waals surface area contributed by atoms with E-state index in [0.717, 1.165) is 31.7 Å². The zero-order valence-corrected chi connectivity index (χ0v) is 12.4. The van der Waals surface area contributed by atoms with Gasteiger partial charge in [-0.05, 0) is 12.5 Å². The summed E-state index contributed by atoms with van der Waals surface area (Å²) in [5, 5.41) is 16.0. The zero-order chi connectivity index (χ0) is 11.5. The van der Waals surface area contributed by atoms with Crippen molar-refractivity contribution < 1.29 is 4.92 Å². The Labute approximate surface area is 123 Å². The Hall–Kier alpha value is -0.400. The number of thiophene rings is 1. The molecule has 0 unspecified atom stereocenters. The Morgan fingerprint density at radius 2 is 2.06 bits per heavy atom. The molecular formula is C10H17Cl2N3O2S. The van der Waals surface area contributed by atoms with Crippen LogP contribution in [0.25, 0.3) is 0 Å². The first-order valence-electron chi connectivity index (χ1n) is 5.36. The number of hydrogen-bond donors (Lipinski definition) is 1. The molecular weight excluding hydrogens is 297 g/mol. The second-order valence-corrected chi connectivity index (χ2v) is 4.83. The molecule has 2 heterocycles. The van der Waals surface area contributed by atoms with Crippen molar-refractivity contribution in [1.29, 1.82) is 0 Å². The van der Waals surface area contributed by atoms with Gasteiger partial charge in [-0.3, -0.25) is 15.0 Å². The summed E-state index contributed by atoms with van der Waals surface area (Å²) >= 11 is 1.21. The number of nitrogens with one attached hydrogen (secondary N) is 1. The molecule has 1 saturated heterocycles. The average molecular weight is 314 g/mol. The second kappa shape index (κ2) is 7.91. The van der Waals surface area contributed by atoms with E-state index in [1.165, 1.54) is 11.3 Å². The summed E-state index contributed by atoms with van der Waals surface area (Å²) < 4.78 is 0. The molecule has 5 nitrogen and oxygen atoms in total. The molecule has 1 aromatic heterocycles. The van der Waals surface area contributed by atoms with E-state index in [2.05, 4.69) is 17.1 Å². The molecule has 1 N–H and O–H groups in total. The Morgan fingerprint density at radius 3 is 2.56 bits per heavy atom. The highest BCUT2D eigenvalue weighted by molar-refractivity contribution is 7.13. The van der Waals surface area contributed by atoms with E-state index >= 15 is 0 Å². The van der Waals surface area contributed by atoms with Gasteiger partial charge in [0.1, 0.15) is 0 Å². The standard InChI is InChI=1S/C10H15N3O2S.2ClH/c1-8(12-4-2-11-3-5-12)9-6-10(13(14)15)16-7-9;;/h6-8,11H,2-5H2,1H3;2*1H/t8-;;/m0../s1. The first-order valence-corrected chi connectivity index (χ1v) is 6.24. The Morgan fingerprint density at radius 1 is 1.44 bits per heavy atom. The first kappa shape index (κ1) is 17.6. The highest BCUT2D eigenvalue weighted by Crippen LogP contribution is 2.29. The summed E-state index contributed by atoms with van der Waals surface area (Å²) in [7, 11) is 0. The summed E-state index contributed by atoms with van der Waals surface area (Å²) in [6.45, 7) is 6.11. The summed E-state index contributed by atoms with van der Waals surface area (Å²) in [6.07, 6.45) is 0. The molecule has 0 radical (unpaired) electrons. The predicted molar refractivity (Wildman–Crippen MR) is 78.3 cm³/mol. The molecule has 104 valence electrons. The molecule has 0 saturated carbocycles. The summed E-state index contributed by atoms with van der Waals surface area (Å²) in [5.41, 5.74) is 1.05. The maximum Gasteiger partial charge on any atom is 0.324 e. The Kier molecular flexibility index (Phi) is 7.73. The summed E-state index contributed by atoms with van der Waals surface area (Å²) in [6, 6.07) is 1.96. The maximum absolute atomic E-state index is 10.6. The molecule has 1 atom stereocenters. The average Bonchev–Trinajstić information content (AvgIpc) is 2.78. The van der Waals surface area contributed by atoms with Crippen LogP contribution >= 0.6 is 36.2 Å². The van der Waals surface area contributed by atoms with Crippen LogP contribution in [-0.4, -0.2) is 36.0 Å². The van der Waals surface area contributed by atoms with E-state index in [1.54, 1.807) is 6.07 Å². The minimum atomic E-state index is -0.321. The maximum atomic E-state index is 10.6. The number of nitro groups is 1. The minimum absolute atomic E-state index is 0. The van der Waals surface area contributed by atoms with Crippen molar-refractivity contribution in [3.63, 3.8) is 0 Å². The second-order valence-electron chi connectivity index (χ2n) is 3.94. The van der Waals surface area contributed by atoms with Gasteiger partial charge in [0.25, 0.3) is 0 Å². The van der Waals surface area contributed by atoms with E-state index in [0.29, 0.717) is 0 Å². The summed E-state index contributed by atoms with van der Waals surface area (Å²) in [5.74, 6) is 0. The zero-order valence-electron chi connectivity index (χ0n) is 10.00. The van der Waals surface area contributed by atoms with Gasteiger partial charge in [0.15, 0.2) is 0 Å². The molecule has 0 aliphatic carbocycles. The van der Waals surface area contributed by atoms with Gasteiger partial charge >= 0.3 is 5.00 Å². The van der Waals surface area contributed by atoms with Crippen LogP contribution in [0.4, 0.5) is 5.00 Å². The van der Waals surface area contributed by atoms with Crippen LogP contribution < -0.4 is 5.32 Å². The lowest BCUT2D eigenvalue weighted by molar-refractivity contribution is -0.380. The van der Waals surface area contributed by atoms with Crippen LogP contribution in [0.15, 0.2) is 11.4 Å². The molecule has 2 rings (SSSR count).